The fourth-order valence-electron chi connectivity index (χ4n) is 3.52. The summed E-state index contributed by atoms with van der Waals surface area (Å²) in [5.74, 6) is 0.238. The first kappa shape index (κ1) is 58.3. The molecule has 0 aromatic heterocycles. The van der Waals surface area contributed by atoms with Gasteiger partial charge in [0.05, 0.1) is 24.9 Å². The second-order valence-electron chi connectivity index (χ2n) is 8.41. The molecule has 248 valence electrons. The van der Waals surface area contributed by atoms with Crippen LogP contribution in [-0.2, 0) is 9.53 Å². The van der Waals surface area contributed by atoms with Crippen LogP contribution in [0.25, 0.3) is 0 Å². The SMILES string of the molecule is C.C.CCC(O)C(=O)CO.CCC(O)C(CC)CO.CCC1OC(CO)C(O)C(C)CC1C.I.II.I[I-]I. The molecule has 0 aliphatic carbocycles. The molecule has 1 aliphatic heterocycles. The van der Waals surface area contributed by atoms with Crippen molar-refractivity contribution in [3.8, 4) is 0 Å². The minimum atomic E-state index is -0.972. The summed E-state index contributed by atoms with van der Waals surface area (Å²) in [5, 5.41) is 53.6. The predicted octanol–water partition coefficient (Wildman–Crippen LogP) is 3.71. The van der Waals surface area contributed by atoms with Crippen LogP contribution in [0.2, 0.25) is 0 Å². The zero-order valence-corrected chi connectivity index (χ0v) is 35.7. The molecule has 6 N–H and O–H groups in total. The van der Waals surface area contributed by atoms with Gasteiger partial charge in [-0.2, -0.15) is 0 Å². The van der Waals surface area contributed by atoms with Crippen molar-refractivity contribution >= 4 is 104 Å². The molecule has 1 saturated heterocycles. The molecule has 39 heavy (non-hydrogen) atoms. The molecule has 0 saturated carbocycles. The van der Waals surface area contributed by atoms with E-state index in [0.717, 1.165) is 25.7 Å². The number of hydrogen-bond donors (Lipinski definition) is 6. The van der Waals surface area contributed by atoms with Crippen LogP contribution in [0.3, 0.4) is 0 Å². The predicted molar refractivity (Wildman–Crippen MR) is 206 cm³/mol. The normalized spacial score (nSPS) is 23.5. The van der Waals surface area contributed by atoms with E-state index in [4.69, 9.17) is 30.3 Å². The van der Waals surface area contributed by atoms with E-state index in [-0.39, 0.29) is 76.1 Å². The van der Waals surface area contributed by atoms with Gasteiger partial charge in [-0.25, -0.2) is 0 Å². The molecule has 0 aromatic rings. The quantitative estimate of drug-likeness (QED) is 0.192. The number of Topliss-reactive ketones (excluding diaryl/α,β-unsaturated/α-hetero) is 1. The van der Waals surface area contributed by atoms with Gasteiger partial charge in [0, 0.05) is 49.8 Å². The number of ether oxygens (including phenoxy) is 1. The Bertz CT molecular complexity index is 466. The second kappa shape index (κ2) is 41.8. The first-order valence-electron chi connectivity index (χ1n) is 12.1. The van der Waals surface area contributed by atoms with Crippen molar-refractivity contribution in [2.75, 3.05) is 19.8 Å². The number of halogens is 6. The zero-order chi connectivity index (χ0) is 29.3. The number of aliphatic hydroxyl groups excluding tert-OH is 6. The van der Waals surface area contributed by atoms with E-state index in [2.05, 4.69) is 88.3 Å². The molecule has 0 radical (unpaired) electrons. The van der Waals surface area contributed by atoms with Gasteiger partial charge in [-0.15, -0.1) is 24.0 Å². The summed E-state index contributed by atoms with van der Waals surface area (Å²) in [7, 11) is 0. The molecule has 0 amide bonds. The number of carbonyl (C=O) groups excluding carboxylic acids is 1. The van der Waals surface area contributed by atoms with E-state index in [1.165, 1.54) is 0 Å². The third-order valence-corrected chi connectivity index (χ3v) is 5.91. The van der Waals surface area contributed by atoms with Crippen LogP contribution in [0, 0.1) is 17.8 Å². The van der Waals surface area contributed by atoms with Gasteiger partial charge in [0.1, 0.15) is 18.8 Å². The average molecular weight is 1250 g/mol. The molecule has 0 spiro atoms. The van der Waals surface area contributed by atoms with Crippen molar-refractivity contribution < 1.29 is 53.4 Å². The fourth-order valence-corrected chi connectivity index (χ4v) is 3.52. The molecular formula is C25H57I6O8-. The van der Waals surface area contributed by atoms with Crippen LogP contribution in [0.1, 0.15) is 88.5 Å². The Hall–Kier alpha value is 3.77. The molecule has 1 aliphatic rings. The van der Waals surface area contributed by atoms with Crippen LogP contribution in [-0.4, -0.2) is 86.8 Å². The van der Waals surface area contributed by atoms with Gasteiger partial charge in [0.15, 0.2) is 5.78 Å². The maximum absolute atomic E-state index is 10.2. The molecular weight excluding hydrogens is 1190 g/mol. The Labute approximate surface area is 309 Å². The second-order valence-corrected chi connectivity index (χ2v) is 24.7. The van der Waals surface area contributed by atoms with Gasteiger partial charge in [-0.1, -0.05) is 56.4 Å². The summed E-state index contributed by atoms with van der Waals surface area (Å²) in [6, 6.07) is 0. The van der Waals surface area contributed by atoms with Gasteiger partial charge in [0.25, 0.3) is 0 Å². The number of aliphatic hydroxyl groups is 6. The monoisotopic (exact) mass is 1250 g/mol. The molecule has 0 aromatic carbocycles. The van der Waals surface area contributed by atoms with Gasteiger partial charge < -0.3 is 35.4 Å². The Kier molecular flexibility index (Phi) is 62.5. The van der Waals surface area contributed by atoms with E-state index in [0.29, 0.717) is 25.6 Å². The molecule has 8 nitrogen and oxygen atoms in total. The molecule has 1 heterocycles. The van der Waals surface area contributed by atoms with Crippen molar-refractivity contribution in [2.24, 2.45) is 17.8 Å². The maximum atomic E-state index is 10.2. The van der Waals surface area contributed by atoms with Crippen molar-refractivity contribution in [1.82, 2.24) is 0 Å². The third kappa shape index (κ3) is 31.5. The Morgan fingerprint density at radius 1 is 0.923 bits per heavy atom. The van der Waals surface area contributed by atoms with Gasteiger partial charge in [0.2, 0.25) is 0 Å². The first-order chi connectivity index (χ1) is 17.0. The summed E-state index contributed by atoms with van der Waals surface area (Å²) < 4.78 is 5.70. The Morgan fingerprint density at radius 2 is 1.38 bits per heavy atom. The van der Waals surface area contributed by atoms with Crippen molar-refractivity contribution in [3.63, 3.8) is 0 Å². The fraction of sp³-hybridized carbons (Fsp3) is 0.960. The number of rotatable bonds is 9. The summed E-state index contributed by atoms with van der Waals surface area (Å²) in [6.07, 6.45) is 1.82. The zero-order valence-electron chi connectivity index (χ0n) is 22.6. The molecule has 8 unspecified atom stereocenters. The topological polar surface area (TPSA) is 148 Å². The Balaban J connectivity index is -0.0000000726. The van der Waals surface area contributed by atoms with E-state index in [9.17, 15) is 9.90 Å². The van der Waals surface area contributed by atoms with Crippen molar-refractivity contribution in [1.29, 1.82) is 0 Å². The molecule has 14 heteroatoms. The van der Waals surface area contributed by atoms with Crippen LogP contribution < -0.4 is 13.3 Å². The first-order valence-corrected chi connectivity index (χ1v) is 30.9. The van der Waals surface area contributed by atoms with Crippen molar-refractivity contribution in [3.05, 3.63) is 0 Å². The van der Waals surface area contributed by atoms with E-state index >= 15 is 0 Å². The van der Waals surface area contributed by atoms with Gasteiger partial charge >= 0.3 is 50.5 Å². The minimum absolute atomic E-state index is 0. The van der Waals surface area contributed by atoms with E-state index in [1.54, 1.807) is 6.92 Å². The molecule has 1 rings (SSSR count). The van der Waals surface area contributed by atoms with E-state index in [1.807, 2.05) is 20.8 Å². The van der Waals surface area contributed by atoms with Crippen LogP contribution in [0.4, 0.5) is 0 Å². The van der Waals surface area contributed by atoms with Crippen LogP contribution in [0.15, 0.2) is 0 Å². The average Bonchev–Trinajstić information content (AvgIpc) is 3.00. The van der Waals surface area contributed by atoms with Gasteiger partial charge in [-0.05, 0) is 43.9 Å². The van der Waals surface area contributed by atoms with E-state index < -0.39 is 30.7 Å². The summed E-state index contributed by atoms with van der Waals surface area (Å²) in [6.45, 7) is 11.3. The standard InChI is InChI=1S/C11H22O3.C7H16O2.C5H10O3.2CH4.I3.I2.HI/c1-4-9-7(2)5-8(3)11(13)10(6-12)14-9;1-3-6(5-8)7(9)4-2;1-2-4(7)5(8)3-6;;;1-3-2;1-2;/h7-13H,4-6H2,1-3H3;6-9H,3-5H2,1-2H3;4,6-7H,2-3H2,1H3;2*1H4;;;1H/q;;;;;-1;;. The molecule has 0 bridgehead atoms. The summed E-state index contributed by atoms with van der Waals surface area (Å²) in [5.41, 5.74) is 0. The number of carbonyl (C=O) groups is 1. The third-order valence-electron chi connectivity index (χ3n) is 5.91. The molecule has 8 atom stereocenters. The molecule has 1 fully saturated rings. The summed E-state index contributed by atoms with van der Waals surface area (Å²) >= 11 is 9.54. The van der Waals surface area contributed by atoms with Gasteiger partial charge in [-0.3, -0.25) is 4.79 Å². The Morgan fingerprint density at radius 3 is 1.62 bits per heavy atom. The number of ketones is 1. The van der Waals surface area contributed by atoms with Crippen LogP contribution >= 0.6 is 98.4 Å². The number of hydrogen-bond acceptors (Lipinski definition) is 8. The van der Waals surface area contributed by atoms with Crippen LogP contribution in [0.5, 0.6) is 0 Å². The van der Waals surface area contributed by atoms with Crippen molar-refractivity contribution in [2.45, 2.75) is 119 Å². The summed E-state index contributed by atoms with van der Waals surface area (Å²) in [4.78, 5) is 10.2.